The highest BCUT2D eigenvalue weighted by Crippen LogP contribution is 2.41. The number of fused-ring (bicyclic) bond motifs is 10. The molecule has 45 heavy (non-hydrogen) atoms. The van der Waals surface area contributed by atoms with Gasteiger partial charge in [-0.05, 0) is 71.8 Å². The van der Waals surface area contributed by atoms with Crippen LogP contribution in [0, 0.1) is 0 Å². The quantitative estimate of drug-likeness (QED) is 0.206. The lowest BCUT2D eigenvalue weighted by Crippen LogP contribution is -1.95. The summed E-state index contributed by atoms with van der Waals surface area (Å²) in [7, 11) is 0. The minimum absolute atomic E-state index is 0.910. The Bertz CT molecular complexity index is 2690. The molecule has 0 spiro atoms. The molecule has 0 aliphatic rings. The van der Waals surface area contributed by atoms with Gasteiger partial charge in [0.25, 0.3) is 0 Å². The molecular formula is C42H26N2O. The topological polar surface area (TPSA) is 23.0 Å². The first-order valence-corrected chi connectivity index (χ1v) is 15.4. The van der Waals surface area contributed by atoms with Gasteiger partial charge < -0.3 is 13.6 Å². The molecule has 0 amide bonds. The summed E-state index contributed by atoms with van der Waals surface area (Å²) in [5, 5.41) is 7.32. The van der Waals surface area contributed by atoms with Gasteiger partial charge in [0, 0.05) is 38.3 Å². The summed E-state index contributed by atoms with van der Waals surface area (Å²) in [6.07, 6.45) is 0. The predicted octanol–water partition coefficient (Wildman–Crippen LogP) is 11.4. The molecule has 0 aliphatic carbocycles. The van der Waals surface area contributed by atoms with E-state index in [9.17, 15) is 0 Å². The van der Waals surface area contributed by atoms with E-state index in [-0.39, 0.29) is 0 Å². The fourth-order valence-corrected chi connectivity index (χ4v) is 7.34. The van der Waals surface area contributed by atoms with Crippen LogP contribution in [-0.4, -0.2) is 9.13 Å². The summed E-state index contributed by atoms with van der Waals surface area (Å²) in [6, 6.07) is 56.5. The van der Waals surface area contributed by atoms with Gasteiger partial charge in [-0.3, -0.25) is 0 Å². The largest absolute Gasteiger partial charge is 0.456 e. The highest BCUT2D eigenvalue weighted by atomic mass is 16.3. The van der Waals surface area contributed by atoms with Crippen molar-refractivity contribution < 1.29 is 4.42 Å². The molecule has 0 aliphatic heterocycles. The molecule has 3 aromatic heterocycles. The van der Waals surface area contributed by atoms with Gasteiger partial charge in [0.05, 0.1) is 27.5 Å². The van der Waals surface area contributed by atoms with Crippen molar-refractivity contribution in [3.63, 3.8) is 0 Å². The molecule has 0 saturated heterocycles. The van der Waals surface area contributed by atoms with Crippen LogP contribution >= 0.6 is 0 Å². The third-order valence-electron chi connectivity index (χ3n) is 9.34. The first-order chi connectivity index (χ1) is 22.3. The Labute approximate surface area is 258 Å². The van der Waals surface area contributed by atoms with E-state index in [0.29, 0.717) is 0 Å². The molecule has 10 rings (SSSR count). The van der Waals surface area contributed by atoms with Crippen LogP contribution in [0.2, 0.25) is 0 Å². The molecular weight excluding hydrogens is 548 g/mol. The summed E-state index contributed by atoms with van der Waals surface area (Å²) in [6.45, 7) is 0. The molecule has 3 nitrogen and oxygen atoms in total. The van der Waals surface area contributed by atoms with Crippen LogP contribution in [0.4, 0.5) is 0 Å². The van der Waals surface area contributed by atoms with Crippen molar-refractivity contribution >= 4 is 65.6 Å². The molecule has 0 N–H and O–H groups in total. The molecule has 0 saturated carbocycles. The van der Waals surface area contributed by atoms with E-state index in [1.54, 1.807) is 0 Å². The van der Waals surface area contributed by atoms with E-state index in [2.05, 4.69) is 161 Å². The highest BCUT2D eigenvalue weighted by molar-refractivity contribution is 6.24. The van der Waals surface area contributed by atoms with Gasteiger partial charge in [-0.25, -0.2) is 0 Å². The van der Waals surface area contributed by atoms with E-state index < -0.39 is 0 Å². The van der Waals surface area contributed by atoms with E-state index >= 15 is 0 Å². The minimum Gasteiger partial charge on any atom is -0.456 e. The maximum atomic E-state index is 6.29. The maximum absolute atomic E-state index is 6.29. The summed E-state index contributed by atoms with van der Waals surface area (Å²) in [4.78, 5) is 0. The third kappa shape index (κ3) is 3.46. The van der Waals surface area contributed by atoms with Gasteiger partial charge in [-0.2, -0.15) is 0 Å². The smallest absolute Gasteiger partial charge is 0.137 e. The number of aromatic nitrogens is 2. The summed E-state index contributed by atoms with van der Waals surface area (Å²) in [5.74, 6) is 0. The second kappa shape index (κ2) is 9.22. The number of nitrogens with zero attached hydrogens (tertiary/aromatic N) is 2. The summed E-state index contributed by atoms with van der Waals surface area (Å²) in [5.41, 5.74) is 11.3. The van der Waals surface area contributed by atoms with Gasteiger partial charge in [0.1, 0.15) is 11.2 Å². The van der Waals surface area contributed by atoms with Crippen molar-refractivity contribution in [2.75, 3.05) is 0 Å². The van der Waals surface area contributed by atoms with E-state index in [0.717, 1.165) is 33.3 Å². The molecule has 3 heterocycles. The maximum Gasteiger partial charge on any atom is 0.137 e. The molecule has 10 aromatic rings. The Hall–Kier alpha value is -6.06. The van der Waals surface area contributed by atoms with Crippen molar-refractivity contribution in [1.29, 1.82) is 0 Å². The van der Waals surface area contributed by atoms with Crippen LogP contribution in [0.1, 0.15) is 0 Å². The van der Waals surface area contributed by atoms with Crippen LogP contribution in [0.25, 0.3) is 88.1 Å². The molecule has 7 aromatic carbocycles. The lowest BCUT2D eigenvalue weighted by Gasteiger charge is -2.11. The van der Waals surface area contributed by atoms with Gasteiger partial charge in [-0.1, -0.05) is 97.1 Å². The van der Waals surface area contributed by atoms with E-state index in [1.807, 2.05) is 6.07 Å². The number of furan rings is 1. The van der Waals surface area contributed by atoms with Crippen molar-refractivity contribution in [3.05, 3.63) is 158 Å². The molecule has 0 bridgehead atoms. The van der Waals surface area contributed by atoms with E-state index in [4.69, 9.17) is 4.42 Å². The lowest BCUT2D eigenvalue weighted by atomic mass is 10.0. The Morgan fingerprint density at radius 2 is 0.800 bits per heavy atom. The number of benzene rings is 7. The van der Waals surface area contributed by atoms with Crippen molar-refractivity contribution in [3.8, 4) is 22.5 Å². The normalized spacial score (nSPS) is 12.0. The Morgan fingerprint density at radius 1 is 0.333 bits per heavy atom. The summed E-state index contributed by atoms with van der Waals surface area (Å²) >= 11 is 0. The van der Waals surface area contributed by atoms with Crippen molar-refractivity contribution in [1.82, 2.24) is 9.13 Å². The Morgan fingerprint density at radius 3 is 1.40 bits per heavy atom. The zero-order valence-electron chi connectivity index (χ0n) is 24.3. The fourth-order valence-electron chi connectivity index (χ4n) is 7.34. The molecule has 0 fully saturated rings. The van der Waals surface area contributed by atoms with Crippen LogP contribution in [0.5, 0.6) is 0 Å². The first-order valence-electron chi connectivity index (χ1n) is 15.4. The standard InChI is InChI=1S/C42H26N2O/c1-5-13-36-31(9-1)32-10-2-6-14-37(32)43(36)29-21-17-27(18-22-29)28-19-23-30(24-20-28)44-38-15-7-3-11-33(38)34-25-26-40-41(42(34)44)35-12-4-8-16-39(35)45-40/h1-26H. The molecule has 0 radical (unpaired) electrons. The Kier molecular flexibility index (Phi) is 5.00. The minimum atomic E-state index is 0.910. The number of hydrogen-bond donors (Lipinski definition) is 0. The molecule has 210 valence electrons. The van der Waals surface area contributed by atoms with Gasteiger partial charge in [0.15, 0.2) is 0 Å². The zero-order valence-corrected chi connectivity index (χ0v) is 24.3. The highest BCUT2D eigenvalue weighted by Gasteiger charge is 2.19. The average molecular weight is 575 g/mol. The number of rotatable bonds is 3. The van der Waals surface area contributed by atoms with Gasteiger partial charge >= 0.3 is 0 Å². The first kappa shape index (κ1) is 24.4. The van der Waals surface area contributed by atoms with Crippen molar-refractivity contribution in [2.45, 2.75) is 0 Å². The molecule has 3 heteroatoms. The average Bonchev–Trinajstić information content (AvgIpc) is 3.76. The zero-order chi connectivity index (χ0) is 29.5. The van der Waals surface area contributed by atoms with Crippen LogP contribution in [-0.2, 0) is 0 Å². The van der Waals surface area contributed by atoms with Gasteiger partial charge in [-0.15, -0.1) is 0 Å². The number of para-hydroxylation sites is 4. The van der Waals surface area contributed by atoms with Crippen LogP contribution in [0.3, 0.4) is 0 Å². The van der Waals surface area contributed by atoms with Crippen LogP contribution in [0.15, 0.2) is 162 Å². The second-order valence-electron chi connectivity index (χ2n) is 11.7. The summed E-state index contributed by atoms with van der Waals surface area (Å²) < 4.78 is 11.0. The SMILES string of the molecule is c1ccc2c(c1)oc1ccc3c4ccccc4n(-c4ccc(-c5ccc(-n6c7ccccc7c7ccccc76)cc5)cc4)c3c12. The fraction of sp³-hybridized carbons (Fsp3) is 0. The second-order valence-corrected chi connectivity index (χ2v) is 11.7. The monoisotopic (exact) mass is 574 g/mol. The predicted molar refractivity (Wildman–Crippen MR) is 188 cm³/mol. The van der Waals surface area contributed by atoms with Crippen LogP contribution < -0.4 is 0 Å². The van der Waals surface area contributed by atoms with Crippen molar-refractivity contribution in [2.24, 2.45) is 0 Å². The Balaban J connectivity index is 1.10. The lowest BCUT2D eigenvalue weighted by molar-refractivity contribution is 0.669. The molecule has 0 unspecified atom stereocenters. The molecule has 0 atom stereocenters. The third-order valence-corrected chi connectivity index (χ3v) is 9.34. The van der Waals surface area contributed by atoms with E-state index in [1.165, 1.54) is 54.7 Å². The van der Waals surface area contributed by atoms with Gasteiger partial charge in [0.2, 0.25) is 0 Å². The number of hydrogen-bond acceptors (Lipinski definition) is 1.